The molecule has 1 atom stereocenters. The van der Waals surface area contributed by atoms with Gasteiger partial charge in [0.15, 0.2) is 0 Å². The lowest BCUT2D eigenvalue weighted by molar-refractivity contribution is -0.125. The number of para-hydroxylation sites is 1. The maximum absolute atomic E-state index is 11.6. The highest BCUT2D eigenvalue weighted by Crippen LogP contribution is 2.05. The topological polar surface area (TPSA) is 84.2 Å². The SMILES string of the molecule is CC(NC(=O)CN)C(=O)Nc1ccccc1.Cl. The van der Waals surface area contributed by atoms with Gasteiger partial charge >= 0.3 is 0 Å². The van der Waals surface area contributed by atoms with Crippen molar-refractivity contribution in [2.45, 2.75) is 13.0 Å². The maximum Gasteiger partial charge on any atom is 0.246 e. The van der Waals surface area contributed by atoms with Crippen molar-refractivity contribution in [3.8, 4) is 0 Å². The molecule has 5 nitrogen and oxygen atoms in total. The molecule has 0 saturated carbocycles. The van der Waals surface area contributed by atoms with Crippen molar-refractivity contribution in [2.24, 2.45) is 5.73 Å². The van der Waals surface area contributed by atoms with Gasteiger partial charge in [-0.05, 0) is 19.1 Å². The first-order chi connectivity index (χ1) is 7.63. The van der Waals surface area contributed by atoms with Gasteiger partial charge in [-0.1, -0.05) is 18.2 Å². The van der Waals surface area contributed by atoms with Gasteiger partial charge in [0, 0.05) is 5.69 Å². The van der Waals surface area contributed by atoms with Crippen LogP contribution in [0.3, 0.4) is 0 Å². The summed E-state index contributed by atoms with van der Waals surface area (Å²) in [4.78, 5) is 22.6. The van der Waals surface area contributed by atoms with Gasteiger partial charge in [-0.2, -0.15) is 0 Å². The summed E-state index contributed by atoms with van der Waals surface area (Å²) in [6, 6.07) is 8.44. The van der Waals surface area contributed by atoms with Gasteiger partial charge in [-0.25, -0.2) is 0 Å². The summed E-state index contributed by atoms with van der Waals surface area (Å²) >= 11 is 0. The number of nitrogens with one attached hydrogen (secondary N) is 2. The quantitative estimate of drug-likeness (QED) is 0.735. The van der Waals surface area contributed by atoms with Crippen molar-refractivity contribution in [3.05, 3.63) is 30.3 Å². The monoisotopic (exact) mass is 257 g/mol. The lowest BCUT2D eigenvalue weighted by Gasteiger charge is -2.13. The van der Waals surface area contributed by atoms with Crippen LogP contribution in [-0.4, -0.2) is 24.4 Å². The molecule has 1 rings (SSSR count). The number of hydrogen-bond donors (Lipinski definition) is 3. The van der Waals surface area contributed by atoms with Crippen molar-refractivity contribution in [1.29, 1.82) is 0 Å². The second-order valence-corrected chi connectivity index (χ2v) is 3.35. The van der Waals surface area contributed by atoms with Gasteiger partial charge in [0.05, 0.1) is 6.54 Å². The van der Waals surface area contributed by atoms with E-state index in [1.54, 1.807) is 19.1 Å². The first-order valence-corrected chi connectivity index (χ1v) is 4.99. The lowest BCUT2D eigenvalue weighted by atomic mass is 10.2. The first kappa shape index (κ1) is 15.4. The third-order valence-corrected chi connectivity index (χ3v) is 2.00. The second-order valence-electron chi connectivity index (χ2n) is 3.35. The van der Waals surface area contributed by atoms with Crippen LogP contribution in [0.1, 0.15) is 6.92 Å². The Morgan fingerprint density at radius 2 is 1.88 bits per heavy atom. The van der Waals surface area contributed by atoms with E-state index in [1.807, 2.05) is 18.2 Å². The number of nitrogens with two attached hydrogens (primary N) is 1. The molecule has 1 unspecified atom stereocenters. The zero-order chi connectivity index (χ0) is 12.0. The van der Waals surface area contributed by atoms with Crippen LogP contribution < -0.4 is 16.4 Å². The molecule has 4 N–H and O–H groups in total. The molecule has 1 aromatic rings. The number of amides is 2. The predicted octanol–water partition coefficient (Wildman–Crippen LogP) is 0.510. The Morgan fingerprint density at radius 1 is 1.29 bits per heavy atom. The maximum atomic E-state index is 11.6. The Balaban J connectivity index is 0.00000256. The van der Waals surface area contributed by atoms with Crippen LogP contribution in [0, 0.1) is 0 Å². The Labute approximate surface area is 106 Å². The summed E-state index contributed by atoms with van der Waals surface area (Å²) in [7, 11) is 0. The van der Waals surface area contributed by atoms with E-state index in [2.05, 4.69) is 10.6 Å². The number of halogens is 1. The standard InChI is InChI=1S/C11H15N3O2.ClH/c1-8(13-10(15)7-12)11(16)14-9-5-3-2-4-6-9;/h2-6,8H,7,12H2,1H3,(H,13,15)(H,14,16);1H. The van der Waals surface area contributed by atoms with Crippen molar-refractivity contribution in [2.75, 3.05) is 11.9 Å². The van der Waals surface area contributed by atoms with E-state index >= 15 is 0 Å². The van der Waals surface area contributed by atoms with Crippen molar-refractivity contribution < 1.29 is 9.59 Å². The molecule has 0 fully saturated rings. The predicted molar refractivity (Wildman–Crippen MR) is 69.0 cm³/mol. The van der Waals surface area contributed by atoms with Crippen LogP contribution in [0.2, 0.25) is 0 Å². The Kier molecular flexibility index (Phi) is 6.93. The van der Waals surface area contributed by atoms with Gasteiger partial charge in [0.2, 0.25) is 11.8 Å². The number of carbonyl (C=O) groups is 2. The minimum atomic E-state index is -0.601. The first-order valence-electron chi connectivity index (χ1n) is 4.99. The molecule has 94 valence electrons. The number of rotatable bonds is 4. The fraction of sp³-hybridized carbons (Fsp3) is 0.273. The molecular formula is C11H16ClN3O2. The molecule has 17 heavy (non-hydrogen) atoms. The van der Waals surface area contributed by atoms with Gasteiger partial charge in [0.1, 0.15) is 6.04 Å². The summed E-state index contributed by atoms with van der Waals surface area (Å²) in [5, 5.41) is 5.15. The van der Waals surface area contributed by atoms with E-state index in [0.29, 0.717) is 5.69 Å². The van der Waals surface area contributed by atoms with Crippen molar-refractivity contribution in [3.63, 3.8) is 0 Å². The van der Waals surface area contributed by atoms with Crippen LogP contribution in [-0.2, 0) is 9.59 Å². The summed E-state index contributed by atoms with van der Waals surface area (Å²) in [5.74, 6) is -0.622. The molecule has 0 saturated heterocycles. The molecule has 0 bridgehead atoms. The molecule has 0 aliphatic heterocycles. The van der Waals surface area contributed by atoms with Gasteiger partial charge in [-0.3, -0.25) is 9.59 Å². The normalized spacial score (nSPS) is 10.9. The molecule has 2 amide bonds. The highest BCUT2D eigenvalue weighted by Gasteiger charge is 2.14. The van der Waals surface area contributed by atoms with Crippen LogP contribution >= 0.6 is 12.4 Å². The fourth-order valence-corrected chi connectivity index (χ4v) is 1.14. The zero-order valence-electron chi connectivity index (χ0n) is 9.47. The van der Waals surface area contributed by atoms with Crippen molar-refractivity contribution >= 4 is 29.9 Å². The Morgan fingerprint density at radius 3 is 2.41 bits per heavy atom. The summed E-state index contributed by atoms with van der Waals surface area (Å²) < 4.78 is 0. The molecule has 1 aromatic carbocycles. The smallest absolute Gasteiger partial charge is 0.246 e. The average molecular weight is 258 g/mol. The highest BCUT2D eigenvalue weighted by molar-refractivity contribution is 5.97. The van der Waals surface area contributed by atoms with Crippen LogP contribution in [0.5, 0.6) is 0 Å². The third kappa shape index (κ3) is 5.33. The molecule has 0 aliphatic carbocycles. The minimum absolute atomic E-state index is 0. The Bertz CT molecular complexity index is 370. The minimum Gasteiger partial charge on any atom is -0.343 e. The number of anilines is 1. The van der Waals surface area contributed by atoms with Gasteiger partial charge in [-0.15, -0.1) is 12.4 Å². The third-order valence-electron chi connectivity index (χ3n) is 2.00. The van der Waals surface area contributed by atoms with Gasteiger partial charge in [0.25, 0.3) is 0 Å². The van der Waals surface area contributed by atoms with E-state index in [4.69, 9.17) is 5.73 Å². The molecule has 0 spiro atoms. The zero-order valence-corrected chi connectivity index (χ0v) is 10.3. The summed E-state index contributed by atoms with van der Waals surface area (Å²) in [5.41, 5.74) is 5.82. The number of hydrogen-bond acceptors (Lipinski definition) is 3. The lowest BCUT2D eigenvalue weighted by Crippen LogP contribution is -2.44. The van der Waals surface area contributed by atoms with E-state index in [-0.39, 0.29) is 30.8 Å². The molecule has 0 aromatic heterocycles. The molecule has 6 heteroatoms. The highest BCUT2D eigenvalue weighted by atomic mass is 35.5. The van der Waals surface area contributed by atoms with Crippen LogP contribution in [0.4, 0.5) is 5.69 Å². The van der Waals surface area contributed by atoms with Crippen LogP contribution in [0.15, 0.2) is 30.3 Å². The van der Waals surface area contributed by atoms with E-state index in [0.717, 1.165) is 0 Å². The molecular weight excluding hydrogens is 242 g/mol. The number of carbonyl (C=O) groups excluding carboxylic acids is 2. The largest absolute Gasteiger partial charge is 0.343 e. The van der Waals surface area contributed by atoms with E-state index in [9.17, 15) is 9.59 Å². The average Bonchev–Trinajstić information content (AvgIpc) is 2.30. The van der Waals surface area contributed by atoms with Crippen molar-refractivity contribution in [1.82, 2.24) is 5.32 Å². The molecule has 0 radical (unpaired) electrons. The van der Waals surface area contributed by atoms with Gasteiger partial charge < -0.3 is 16.4 Å². The summed E-state index contributed by atoms with van der Waals surface area (Å²) in [6.07, 6.45) is 0. The summed E-state index contributed by atoms with van der Waals surface area (Å²) in [6.45, 7) is 1.48. The second kappa shape index (κ2) is 7.65. The van der Waals surface area contributed by atoms with E-state index in [1.165, 1.54) is 0 Å². The number of benzene rings is 1. The van der Waals surface area contributed by atoms with E-state index < -0.39 is 6.04 Å². The molecule has 0 aliphatic rings. The Hall–Kier alpha value is -1.59. The fourth-order valence-electron chi connectivity index (χ4n) is 1.14. The molecule has 0 heterocycles. The van der Waals surface area contributed by atoms with Crippen LogP contribution in [0.25, 0.3) is 0 Å².